The monoisotopic (exact) mass is 275 g/mol. The number of rotatable bonds is 4. The maximum Gasteiger partial charge on any atom is 0.121 e. The second kappa shape index (κ2) is 6.46. The number of nitrogens with zero attached hydrogens (tertiary/aromatic N) is 2. The van der Waals surface area contributed by atoms with E-state index in [1.165, 1.54) is 45.4 Å². The zero-order valence-electron chi connectivity index (χ0n) is 12.1. The highest BCUT2D eigenvalue weighted by Gasteiger charge is 2.28. The SMILES string of the molecule is Nc1cccc(OCCN2CCN3CCCCC3C2)c1. The number of hydrogen-bond acceptors (Lipinski definition) is 4. The Morgan fingerprint density at radius 2 is 2.15 bits per heavy atom. The summed E-state index contributed by atoms with van der Waals surface area (Å²) in [7, 11) is 0. The van der Waals surface area contributed by atoms with E-state index in [-0.39, 0.29) is 0 Å². The highest BCUT2D eigenvalue weighted by Crippen LogP contribution is 2.21. The van der Waals surface area contributed by atoms with E-state index >= 15 is 0 Å². The van der Waals surface area contributed by atoms with E-state index in [4.69, 9.17) is 10.5 Å². The van der Waals surface area contributed by atoms with Crippen molar-refractivity contribution in [2.45, 2.75) is 25.3 Å². The molecule has 3 rings (SSSR count). The molecule has 1 aromatic rings. The van der Waals surface area contributed by atoms with Gasteiger partial charge in [0.1, 0.15) is 12.4 Å². The summed E-state index contributed by atoms with van der Waals surface area (Å²) >= 11 is 0. The molecule has 2 saturated heterocycles. The van der Waals surface area contributed by atoms with Crippen LogP contribution in [0.25, 0.3) is 0 Å². The van der Waals surface area contributed by atoms with E-state index in [0.717, 1.165) is 30.6 Å². The summed E-state index contributed by atoms with van der Waals surface area (Å²) in [5.74, 6) is 0.876. The normalized spacial score (nSPS) is 24.3. The van der Waals surface area contributed by atoms with Gasteiger partial charge in [-0.15, -0.1) is 0 Å². The van der Waals surface area contributed by atoms with Crippen LogP contribution in [0.3, 0.4) is 0 Å². The van der Waals surface area contributed by atoms with Crippen LogP contribution in [0.2, 0.25) is 0 Å². The molecule has 4 heteroatoms. The number of piperazine rings is 1. The van der Waals surface area contributed by atoms with Crippen LogP contribution in [0.1, 0.15) is 19.3 Å². The van der Waals surface area contributed by atoms with Gasteiger partial charge in [0, 0.05) is 44.0 Å². The zero-order valence-corrected chi connectivity index (χ0v) is 12.1. The molecular formula is C16H25N3O. The number of benzene rings is 1. The van der Waals surface area contributed by atoms with Gasteiger partial charge in [-0.1, -0.05) is 12.5 Å². The van der Waals surface area contributed by atoms with Crippen LogP contribution in [0.4, 0.5) is 5.69 Å². The van der Waals surface area contributed by atoms with Gasteiger partial charge in [-0.3, -0.25) is 9.80 Å². The molecule has 0 aliphatic carbocycles. The summed E-state index contributed by atoms with van der Waals surface area (Å²) in [6.07, 6.45) is 4.15. The fraction of sp³-hybridized carbons (Fsp3) is 0.625. The van der Waals surface area contributed by atoms with Crippen LogP contribution in [-0.4, -0.2) is 55.2 Å². The maximum absolute atomic E-state index is 5.79. The first-order valence-corrected chi connectivity index (χ1v) is 7.76. The Morgan fingerprint density at radius 3 is 3.05 bits per heavy atom. The largest absolute Gasteiger partial charge is 0.492 e. The Balaban J connectivity index is 1.42. The van der Waals surface area contributed by atoms with Crippen molar-refractivity contribution >= 4 is 5.69 Å². The molecule has 2 heterocycles. The third-order valence-corrected chi connectivity index (χ3v) is 4.46. The number of hydrogen-bond donors (Lipinski definition) is 1. The maximum atomic E-state index is 5.79. The molecule has 20 heavy (non-hydrogen) atoms. The van der Waals surface area contributed by atoms with Crippen LogP contribution in [0.15, 0.2) is 24.3 Å². The van der Waals surface area contributed by atoms with Crippen LogP contribution in [0.5, 0.6) is 5.75 Å². The van der Waals surface area contributed by atoms with Crippen LogP contribution in [-0.2, 0) is 0 Å². The first kappa shape index (κ1) is 13.7. The summed E-state index contributed by atoms with van der Waals surface area (Å²) in [6, 6.07) is 8.46. The number of piperidine rings is 1. The van der Waals surface area contributed by atoms with Gasteiger partial charge in [0.2, 0.25) is 0 Å². The Bertz CT molecular complexity index is 437. The minimum atomic E-state index is 0.746. The van der Waals surface area contributed by atoms with Gasteiger partial charge in [-0.2, -0.15) is 0 Å². The average Bonchev–Trinajstić information content (AvgIpc) is 2.47. The lowest BCUT2D eigenvalue weighted by atomic mass is 9.99. The molecule has 0 amide bonds. The Morgan fingerprint density at radius 1 is 1.20 bits per heavy atom. The molecule has 0 bridgehead atoms. The molecule has 0 aromatic heterocycles. The molecule has 1 unspecified atom stereocenters. The number of fused-ring (bicyclic) bond motifs is 1. The predicted molar refractivity (Wildman–Crippen MR) is 82.0 cm³/mol. The van der Waals surface area contributed by atoms with Crippen LogP contribution < -0.4 is 10.5 Å². The van der Waals surface area contributed by atoms with Crippen molar-refractivity contribution in [2.75, 3.05) is 45.1 Å². The van der Waals surface area contributed by atoms with Crippen molar-refractivity contribution in [2.24, 2.45) is 0 Å². The minimum Gasteiger partial charge on any atom is -0.492 e. The van der Waals surface area contributed by atoms with Gasteiger partial charge in [-0.05, 0) is 31.5 Å². The summed E-state index contributed by atoms with van der Waals surface area (Å²) in [5.41, 5.74) is 6.51. The standard InChI is InChI=1S/C16H25N3O/c17-14-4-3-6-16(12-14)20-11-10-18-8-9-19-7-2-1-5-15(19)13-18/h3-4,6,12,15H,1-2,5,7-11,13,17H2. The van der Waals surface area contributed by atoms with Gasteiger partial charge < -0.3 is 10.5 Å². The smallest absolute Gasteiger partial charge is 0.121 e. The lowest BCUT2D eigenvalue weighted by Gasteiger charge is -2.44. The molecule has 2 aliphatic rings. The first-order chi connectivity index (χ1) is 9.81. The van der Waals surface area contributed by atoms with Crippen LogP contribution in [0, 0.1) is 0 Å². The third kappa shape index (κ3) is 3.44. The molecule has 4 nitrogen and oxygen atoms in total. The van der Waals surface area contributed by atoms with E-state index in [1.54, 1.807) is 0 Å². The van der Waals surface area contributed by atoms with Gasteiger partial charge in [0.05, 0.1) is 0 Å². The topological polar surface area (TPSA) is 41.7 Å². The summed E-state index contributed by atoms with van der Waals surface area (Å²) in [4.78, 5) is 5.21. The minimum absolute atomic E-state index is 0.746. The van der Waals surface area contributed by atoms with Crippen molar-refractivity contribution in [3.8, 4) is 5.75 Å². The van der Waals surface area contributed by atoms with E-state index in [1.807, 2.05) is 24.3 Å². The molecule has 0 saturated carbocycles. The fourth-order valence-electron chi connectivity index (χ4n) is 3.32. The van der Waals surface area contributed by atoms with Crippen molar-refractivity contribution < 1.29 is 4.74 Å². The molecule has 0 radical (unpaired) electrons. The van der Waals surface area contributed by atoms with Crippen molar-refractivity contribution in [1.29, 1.82) is 0 Å². The second-order valence-corrected chi connectivity index (χ2v) is 5.91. The van der Waals surface area contributed by atoms with Crippen molar-refractivity contribution in [1.82, 2.24) is 9.80 Å². The molecule has 110 valence electrons. The third-order valence-electron chi connectivity index (χ3n) is 4.46. The van der Waals surface area contributed by atoms with Gasteiger partial charge in [0.25, 0.3) is 0 Å². The van der Waals surface area contributed by atoms with E-state index in [0.29, 0.717) is 0 Å². The van der Waals surface area contributed by atoms with E-state index in [9.17, 15) is 0 Å². The predicted octanol–water partition coefficient (Wildman–Crippen LogP) is 1.82. The van der Waals surface area contributed by atoms with Gasteiger partial charge in [-0.25, -0.2) is 0 Å². The highest BCUT2D eigenvalue weighted by atomic mass is 16.5. The van der Waals surface area contributed by atoms with Crippen molar-refractivity contribution in [3.63, 3.8) is 0 Å². The van der Waals surface area contributed by atoms with Gasteiger partial charge in [0.15, 0.2) is 0 Å². The Kier molecular flexibility index (Phi) is 4.43. The molecule has 1 atom stereocenters. The fourth-order valence-corrected chi connectivity index (χ4v) is 3.32. The Hall–Kier alpha value is -1.26. The zero-order chi connectivity index (χ0) is 13.8. The second-order valence-electron chi connectivity index (χ2n) is 5.91. The first-order valence-electron chi connectivity index (χ1n) is 7.76. The number of nitrogens with two attached hydrogens (primary N) is 1. The number of nitrogen functional groups attached to an aromatic ring is 1. The quantitative estimate of drug-likeness (QED) is 0.851. The lowest BCUT2D eigenvalue weighted by Crippen LogP contribution is -2.55. The number of ether oxygens (including phenoxy) is 1. The molecule has 2 N–H and O–H groups in total. The molecular weight excluding hydrogens is 250 g/mol. The average molecular weight is 275 g/mol. The van der Waals surface area contributed by atoms with Crippen molar-refractivity contribution in [3.05, 3.63) is 24.3 Å². The molecule has 2 fully saturated rings. The summed E-state index contributed by atoms with van der Waals surface area (Å²) in [6.45, 7) is 6.67. The lowest BCUT2D eigenvalue weighted by molar-refractivity contribution is 0.0432. The Labute approximate surface area is 121 Å². The molecule has 2 aliphatic heterocycles. The molecule has 0 spiro atoms. The molecule has 1 aromatic carbocycles. The van der Waals surface area contributed by atoms with E-state index in [2.05, 4.69) is 9.80 Å². The van der Waals surface area contributed by atoms with Gasteiger partial charge >= 0.3 is 0 Å². The van der Waals surface area contributed by atoms with Crippen LogP contribution >= 0.6 is 0 Å². The summed E-state index contributed by atoms with van der Waals surface area (Å²) < 4.78 is 5.79. The number of anilines is 1. The van der Waals surface area contributed by atoms with E-state index < -0.39 is 0 Å². The highest BCUT2D eigenvalue weighted by molar-refractivity contribution is 5.43. The summed E-state index contributed by atoms with van der Waals surface area (Å²) in [5, 5.41) is 0.